The number of amides is 1. The highest BCUT2D eigenvalue weighted by atomic mass is 16.7. The number of carbonyl (C=O) groups excluding carboxylic acids is 2. The van der Waals surface area contributed by atoms with Crippen LogP contribution in [0, 0.1) is 13.8 Å². The van der Waals surface area contributed by atoms with Gasteiger partial charge in [-0.1, -0.05) is 12.1 Å². The number of para-hydroxylation sites is 1. The highest BCUT2D eigenvalue weighted by Gasteiger charge is 2.34. The van der Waals surface area contributed by atoms with Crippen LogP contribution in [0.3, 0.4) is 0 Å². The molecule has 0 N–H and O–H groups in total. The smallest absolute Gasteiger partial charge is 0.306 e. The van der Waals surface area contributed by atoms with E-state index in [0.717, 1.165) is 22.5 Å². The second-order valence-electron chi connectivity index (χ2n) is 7.14. The molecule has 2 aliphatic rings. The number of cyclic esters (lactones) is 1. The van der Waals surface area contributed by atoms with Crippen molar-refractivity contribution in [2.75, 3.05) is 6.79 Å². The summed E-state index contributed by atoms with van der Waals surface area (Å²) < 4.78 is 18.1. The topological polar surface area (TPSA) is 82.9 Å². The van der Waals surface area contributed by atoms with E-state index in [9.17, 15) is 9.59 Å². The van der Waals surface area contributed by atoms with Crippen LogP contribution in [0.5, 0.6) is 11.5 Å². The lowest BCUT2D eigenvalue weighted by molar-refractivity contribution is -0.153. The largest absolute Gasteiger partial charge is 0.454 e. The van der Waals surface area contributed by atoms with Crippen molar-refractivity contribution < 1.29 is 23.8 Å². The Hall–Kier alpha value is -3.03. The highest BCUT2D eigenvalue weighted by Crippen LogP contribution is 2.36. The molecule has 0 aliphatic carbocycles. The monoisotopic (exact) mass is 385 g/mol. The summed E-state index contributed by atoms with van der Waals surface area (Å²) in [6.07, 6.45) is -0.0582. The van der Waals surface area contributed by atoms with Gasteiger partial charge >= 0.3 is 5.97 Å². The minimum absolute atomic E-state index is 0.168. The molecule has 1 fully saturated rings. The lowest BCUT2D eigenvalue weighted by Gasteiger charge is -2.26. The third-order valence-electron chi connectivity index (χ3n) is 5.32. The van der Waals surface area contributed by atoms with Crippen molar-refractivity contribution >= 4 is 11.9 Å². The molecule has 0 bridgehead atoms. The highest BCUT2D eigenvalue weighted by molar-refractivity contribution is 5.86. The quantitative estimate of drug-likeness (QED) is 0.732. The van der Waals surface area contributed by atoms with Gasteiger partial charge in [0.25, 0.3) is 5.91 Å². The molecule has 2 aromatic rings. The number of aromatic nitrogens is 2. The lowest BCUT2D eigenvalue weighted by atomic mass is 10.1. The molecule has 0 unspecified atom stereocenters. The fraction of sp³-hybridized carbons (Fsp3) is 0.450. The number of rotatable bonds is 5. The van der Waals surface area contributed by atoms with Gasteiger partial charge in [-0.25, -0.2) is 0 Å². The van der Waals surface area contributed by atoms with Crippen LogP contribution in [-0.2, 0) is 34.5 Å². The number of fused-ring (bicyclic) bond motifs is 1. The Morgan fingerprint density at radius 3 is 2.79 bits per heavy atom. The lowest BCUT2D eigenvalue weighted by Crippen LogP contribution is -2.38. The molecule has 1 atom stereocenters. The molecular weight excluding hydrogens is 362 g/mol. The maximum atomic E-state index is 13.2. The summed E-state index contributed by atoms with van der Waals surface area (Å²) in [5.74, 6) is 0.795. The molecule has 8 heteroatoms. The number of hydrogen-bond acceptors (Lipinski definition) is 6. The number of hydrogen-bond donors (Lipinski definition) is 0. The molecule has 0 radical (unpaired) electrons. The van der Waals surface area contributed by atoms with Crippen LogP contribution in [0.1, 0.15) is 35.4 Å². The third kappa shape index (κ3) is 3.30. The standard InChI is InChI=1S/C20H23N3O5/c1-12-15(13(2)22(3)21-12)10-23(20(25)17-7-8-18(24)28-17)9-14-5-4-6-16-19(14)27-11-26-16/h4-6,17H,7-11H2,1-3H3/t17-/m0/s1. The number of ether oxygens (including phenoxy) is 3. The minimum atomic E-state index is -0.737. The molecule has 148 valence electrons. The van der Waals surface area contributed by atoms with Crippen molar-refractivity contribution in [2.24, 2.45) is 7.05 Å². The summed E-state index contributed by atoms with van der Waals surface area (Å²) in [6.45, 7) is 4.78. The van der Waals surface area contributed by atoms with Gasteiger partial charge < -0.3 is 19.1 Å². The van der Waals surface area contributed by atoms with Gasteiger partial charge in [-0.05, 0) is 19.9 Å². The summed E-state index contributed by atoms with van der Waals surface area (Å²) in [5, 5.41) is 4.45. The Balaban J connectivity index is 1.64. The maximum absolute atomic E-state index is 13.2. The first kappa shape index (κ1) is 18.3. The predicted molar refractivity (Wildman–Crippen MR) is 98.6 cm³/mol. The number of esters is 1. The molecule has 28 heavy (non-hydrogen) atoms. The number of benzene rings is 1. The Labute approximate surface area is 163 Å². The van der Waals surface area contributed by atoms with Crippen LogP contribution < -0.4 is 9.47 Å². The zero-order chi connectivity index (χ0) is 19.8. The Bertz CT molecular complexity index is 936. The molecular formula is C20H23N3O5. The van der Waals surface area contributed by atoms with Crippen molar-refractivity contribution in [3.8, 4) is 11.5 Å². The zero-order valence-electron chi connectivity index (χ0n) is 16.2. The summed E-state index contributed by atoms with van der Waals surface area (Å²) >= 11 is 0. The van der Waals surface area contributed by atoms with E-state index in [2.05, 4.69) is 5.10 Å². The van der Waals surface area contributed by atoms with E-state index in [4.69, 9.17) is 14.2 Å². The number of carbonyl (C=O) groups is 2. The van der Waals surface area contributed by atoms with Crippen LogP contribution in [0.15, 0.2) is 18.2 Å². The number of nitrogens with zero attached hydrogens (tertiary/aromatic N) is 3. The molecule has 1 aromatic carbocycles. The van der Waals surface area contributed by atoms with Gasteiger partial charge in [0.05, 0.1) is 5.69 Å². The van der Waals surface area contributed by atoms with E-state index in [0.29, 0.717) is 31.0 Å². The molecule has 1 amide bonds. The van der Waals surface area contributed by atoms with Crippen molar-refractivity contribution in [1.82, 2.24) is 14.7 Å². The van der Waals surface area contributed by atoms with Gasteiger partial charge in [-0.3, -0.25) is 14.3 Å². The second-order valence-corrected chi connectivity index (χ2v) is 7.14. The average molecular weight is 385 g/mol. The van der Waals surface area contributed by atoms with Crippen molar-refractivity contribution in [1.29, 1.82) is 0 Å². The second kappa shape index (κ2) is 7.18. The first-order chi connectivity index (χ1) is 13.4. The van der Waals surface area contributed by atoms with Gasteiger partial charge in [0, 0.05) is 49.8 Å². The van der Waals surface area contributed by atoms with Crippen LogP contribution in [0.2, 0.25) is 0 Å². The summed E-state index contributed by atoms with van der Waals surface area (Å²) in [4.78, 5) is 26.4. The SMILES string of the molecule is Cc1nn(C)c(C)c1CN(Cc1cccc2c1OCO2)C(=O)[C@@H]1CCC(=O)O1. The molecule has 2 aliphatic heterocycles. The van der Waals surface area contributed by atoms with E-state index < -0.39 is 6.10 Å². The van der Waals surface area contributed by atoms with Crippen LogP contribution in [-0.4, -0.2) is 39.5 Å². The van der Waals surface area contributed by atoms with E-state index >= 15 is 0 Å². The van der Waals surface area contributed by atoms with Crippen molar-refractivity contribution in [3.05, 3.63) is 40.7 Å². The predicted octanol–water partition coefficient (Wildman–Crippen LogP) is 2.00. The Kier molecular flexibility index (Phi) is 4.70. The van der Waals surface area contributed by atoms with Crippen LogP contribution in [0.4, 0.5) is 0 Å². The van der Waals surface area contributed by atoms with E-state index in [1.807, 2.05) is 39.1 Å². The maximum Gasteiger partial charge on any atom is 0.306 e. The minimum Gasteiger partial charge on any atom is -0.454 e. The fourth-order valence-corrected chi connectivity index (χ4v) is 3.67. The van der Waals surface area contributed by atoms with Gasteiger partial charge in [-0.2, -0.15) is 5.10 Å². The average Bonchev–Trinajstić information content (AvgIpc) is 3.37. The molecule has 4 rings (SSSR count). The Morgan fingerprint density at radius 2 is 2.11 bits per heavy atom. The molecule has 0 saturated carbocycles. The Morgan fingerprint density at radius 1 is 1.29 bits per heavy atom. The van der Waals surface area contributed by atoms with Gasteiger partial charge in [-0.15, -0.1) is 0 Å². The normalized spacial score (nSPS) is 17.7. The first-order valence-electron chi connectivity index (χ1n) is 9.29. The molecule has 8 nitrogen and oxygen atoms in total. The fourth-order valence-electron chi connectivity index (χ4n) is 3.67. The van der Waals surface area contributed by atoms with Gasteiger partial charge in [0.1, 0.15) is 0 Å². The van der Waals surface area contributed by atoms with Crippen molar-refractivity contribution in [2.45, 2.75) is 45.9 Å². The van der Waals surface area contributed by atoms with Gasteiger partial charge in [0.15, 0.2) is 17.6 Å². The van der Waals surface area contributed by atoms with Crippen molar-refractivity contribution in [3.63, 3.8) is 0 Å². The summed E-state index contributed by atoms with van der Waals surface area (Å²) in [5.41, 5.74) is 3.72. The number of aryl methyl sites for hydroxylation is 2. The summed E-state index contributed by atoms with van der Waals surface area (Å²) in [7, 11) is 1.88. The summed E-state index contributed by atoms with van der Waals surface area (Å²) in [6, 6.07) is 5.63. The van der Waals surface area contributed by atoms with Gasteiger partial charge in [0.2, 0.25) is 6.79 Å². The molecule has 0 spiro atoms. The van der Waals surface area contributed by atoms with E-state index in [-0.39, 0.29) is 25.1 Å². The van der Waals surface area contributed by atoms with E-state index in [1.54, 1.807) is 9.58 Å². The molecule has 1 aromatic heterocycles. The third-order valence-corrected chi connectivity index (χ3v) is 5.32. The first-order valence-corrected chi connectivity index (χ1v) is 9.29. The van der Waals surface area contributed by atoms with E-state index in [1.165, 1.54) is 0 Å². The molecule has 3 heterocycles. The van der Waals surface area contributed by atoms with Crippen LogP contribution >= 0.6 is 0 Å². The zero-order valence-corrected chi connectivity index (χ0v) is 16.2. The molecule has 1 saturated heterocycles. The van der Waals surface area contributed by atoms with Crippen LogP contribution in [0.25, 0.3) is 0 Å².